The van der Waals surface area contributed by atoms with Crippen molar-refractivity contribution in [1.82, 2.24) is 10.2 Å². The molecule has 1 unspecified atom stereocenters. The summed E-state index contributed by atoms with van der Waals surface area (Å²) in [5.41, 5.74) is 7.44. The van der Waals surface area contributed by atoms with Gasteiger partial charge in [-0.15, -0.1) is 0 Å². The summed E-state index contributed by atoms with van der Waals surface area (Å²) in [5.74, 6) is -2.72. The SMILES string of the molecule is NC(=O)c1ccc(-c2ccc3c(c2)C(=O)N(C2CCC(=O)NC2=O)C3=O)cc1. The first-order chi connectivity index (χ1) is 13.4. The predicted octanol–water partition coefficient (Wildman–Crippen LogP) is 0.854. The zero-order chi connectivity index (χ0) is 20.0. The van der Waals surface area contributed by atoms with Gasteiger partial charge in [-0.1, -0.05) is 18.2 Å². The van der Waals surface area contributed by atoms with E-state index < -0.39 is 35.6 Å². The quantitative estimate of drug-likeness (QED) is 0.767. The number of rotatable bonds is 3. The lowest BCUT2D eigenvalue weighted by Gasteiger charge is -2.27. The average molecular weight is 377 g/mol. The van der Waals surface area contributed by atoms with E-state index in [1.165, 1.54) is 0 Å². The predicted molar refractivity (Wildman–Crippen MR) is 97.1 cm³/mol. The molecule has 1 saturated heterocycles. The second-order valence-electron chi connectivity index (χ2n) is 6.65. The van der Waals surface area contributed by atoms with Crippen LogP contribution in [0.4, 0.5) is 0 Å². The summed E-state index contributed by atoms with van der Waals surface area (Å²) in [6, 6.07) is 10.4. The van der Waals surface area contributed by atoms with E-state index in [1.807, 2.05) is 0 Å². The van der Waals surface area contributed by atoms with E-state index in [-0.39, 0.29) is 24.0 Å². The summed E-state index contributed by atoms with van der Waals surface area (Å²) in [7, 11) is 0. The molecule has 8 nitrogen and oxygen atoms in total. The van der Waals surface area contributed by atoms with E-state index in [4.69, 9.17) is 5.73 Å². The zero-order valence-corrected chi connectivity index (χ0v) is 14.6. The third kappa shape index (κ3) is 2.75. The number of hydrogen-bond donors (Lipinski definition) is 2. The molecule has 1 atom stereocenters. The Labute approximate surface area is 159 Å². The Hall–Kier alpha value is -3.81. The Bertz CT molecular complexity index is 1060. The number of amides is 5. The van der Waals surface area contributed by atoms with Crippen molar-refractivity contribution in [2.24, 2.45) is 5.73 Å². The molecule has 3 N–H and O–H groups in total. The highest BCUT2D eigenvalue weighted by Crippen LogP contribution is 2.31. The lowest BCUT2D eigenvalue weighted by molar-refractivity contribution is -0.136. The number of primary amides is 1. The maximum Gasteiger partial charge on any atom is 0.262 e. The van der Waals surface area contributed by atoms with Crippen LogP contribution in [0, 0.1) is 0 Å². The van der Waals surface area contributed by atoms with Gasteiger partial charge < -0.3 is 5.73 Å². The van der Waals surface area contributed by atoms with E-state index in [2.05, 4.69) is 5.32 Å². The van der Waals surface area contributed by atoms with E-state index >= 15 is 0 Å². The van der Waals surface area contributed by atoms with Crippen molar-refractivity contribution in [3.63, 3.8) is 0 Å². The standard InChI is InChI=1S/C20H15N3O5/c21-17(25)11-3-1-10(2-4-11)12-5-6-13-14(9-12)20(28)23(19(13)27)15-7-8-16(24)22-18(15)26/h1-6,9,15H,7-8H2,(H2,21,25)(H,22,24,26). The fourth-order valence-corrected chi connectivity index (χ4v) is 3.48. The van der Waals surface area contributed by atoms with Gasteiger partial charge in [-0.05, 0) is 41.8 Å². The summed E-state index contributed by atoms with van der Waals surface area (Å²) in [5, 5.41) is 2.16. The molecule has 2 aliphatic rings. The first-order valence-electron chi connectivity index (χ1n) is 8.62. The van der Waals surface area contributed by atoms with E-state index in [9.17, 15) is 24.0 Å². The highest BCUT2D eigenvalue weighted by molar-refractivity contribution is 6.23. The van der Waals surface area contributed by atoms with Crippen molar-refractivity contribution >= 4 is 29.5 Å². The summed E-state index contributed by atoms with van der Waals surface area (Å²) in [6.45, 7) is 0. The molecule has 2 aliphatic heterocycles. The number of imide groups is 2. The van der Waals surface area contributed by atoms with Crippen LogP contribution in [0.2, 0.25) is 0 Å². The molecule has 140 valence electrons. The Kier molecular flexibility index (Phi) is 4.03. The number of nitrogens with one attached hydrogen (secondary N) is 1. The van der Waals surface area contributed by atoms with Crippen LogP contribution in [0.1, 0.15) is 43.9 Å². The van der Waals surface area contributed by atoms with Gasteiger partial charge in [0.15, 0.2) is 0 Å². The molecule has 5 amide bonds. The fraction of sp³-hybridized carbons (Fsp3) is 0.150. The molecule has 0 bridgehead atoms. The Balaban J connectivity index is 1.66. The van der Waals surface area contributed by atoms with E-state index in [1.54, 1.807) is 42.5 Å². The van der Waals surface area contributed by atoms with Crippen molar-refractivity contribution in [3.05, 3.63) is 59.2 Å². The van der Waals surface area contributed by atoms with Crippen LogP contribution in [0.5, 0.6) is 0 Å². The van der Waals surface area contributed by atoms with Crippen molar-refractivity contribution in [1.29, 1.82) is 0 Å². The van der Waals surface area contributed by atoms with Crippen LogP contribution < -0.4 is 11.1 Å². The van der Waals surface area contributed by atoms with Crippen molar-refractivity contribution in [2.75, 3.05) is 0 Å². The minimum absolute atomic E-state index is 0.0707. The molecule has 8 heteroatoms. The van der Waals surface area contributed by atoms with E-state index in [0.717, 1.165) is 10.5 Å². The van der Waals surface area contributed by atoms with Gasteiger partial charge in [-0.3, -0.25) is 34.2 Å². The van der Waals surface area contributed by atoms with Gasteiger partial charge in [-0.25, -0.2) is 0 Å². The molecule has 28 heavy (non-hydrogen) atoms. The molecule has 4 rings (SSSR count). The van der Waals surface area contributed by atoms with E-state index in [0.29, 0.717) is 11.1 Å². The molecular formula is C20H15N3O5. The van der Waals surface area contributed by atoms with Crippen molar-refractivity contribution < 1.29 is 24.0 Å². The summed E-state index contributed by atoms with van der Waals surface area (Å²) in [6.07, 6.45) is 0.179. The minimum atomic E-state index is -0.997. The van der Waals surface area contributed by atoms with Crippen molar-refractivity contribution in [2.45, 2.75) is 18.9 Å². The van der Waals surface area contributed by atoms with Crippen LogP contribution >= 0.6 is 0 Å². The number of nitrogens with zero attached hydrogens (tertiary/aromatic N) is 1. The number of fused-ring (bicyclic) bond motifs is 1. The van der Waals surface area contributed by atoms with Gasteiger partial charge in [0.25, 0.3) is 11.8 Å². The number of carbonyl (C=O) groups excluding carboxylic acids is 5. The highest BCUT2D eigenvalue weighted by atomic mass is 16.2. The number of carbonyl (C=O) groups is 5. The average Bonchev–Trinajstić information content (AvgIpc) is 2.92. The fourth-order valence-electron chi connectivity index (χ4n) is 3.48. The molecule has 0 aromatic heterocycles. The number of nitrogens with two attached hydrogens (primary N) is 1. The number of piperidine rings is 1. The molecule has 2 aromatic carbocycles. The first kappa shape index (κ1) is 17.6. The number of hydrogen-bond acceptors (Lipinski definition) is 5. The molecule has 0 saturated carbocycles. The first-order valence-corrected chi connectivity index (χ1v) is 8.62. The van der Waals surface area contributed by atoms with Crippen LogP contribution in [-0.4, -0.2) is 40.5 Å². The van der Waals surface area contributed by atoms with Crippen LogP contribution in [-0.2, 0) is 9.59 Å². The molecule has 0 aliphatic carbocycles. The normalized spacial score (nSPS) is 18.9. The largest absolute Gasteiger partial charge is 0.366 e. The maximum absolute atomic E-state index is 12.8. The smallest absolute Gasteiger partial charge is 0.262 e. The zero-order valence-electron chi connectivity index (χ0n) is 14.6. The third-order valence-corrected chi connectivity index (χ3v) is 4.94. The third-order valence-electron chi connectivity index (χ3n) is 4.94. The van der Waals surface area contributed by atoms with Gasteiger partial charge in [0, 0.05) is 12.0 Å². The second-order valence-corrected chi connectivity index (χ2v) is 6.65. The molecule has 0 spiro atoms. The van der Waals surface area contributed by atoms with Gasteiger partial charge >= 0.3 is 0 Å². The lowest BCUT2D eigenvalue weighted by Crippen LogP contribution is -2.54. The van der Waals surface area contributed by atoms with Gasteiger partial charge in [0.05, 0.1) is 11.1 Å². The van der Waals surface area contributed by atoms with Crippen LogP contribution in [0.25, 0.3) is 11.1 Å². The Morgan fingerprint density at radius 2 is 1.57 bits per heavy atom. The number of benzene rings is 2. The van der Waals surface area contributed by atoms with Gasteiger partial charge in [0.2, 0.25) is 17.7 Å². The molecule has 1 fully saturated rings. The summed E-state index contributed by atoms with van der Waals surface area (Å²) < 4.78 is 0. The Morgan fingerprint density at radius 1 is 0.929 bits per heavy atom. The monoisotopic (exact) mass is 377 g/mol. The second kappa shape index (κ2) is 6.41. The van der Waals surface area contributed by atoms with Gasteiger partial charge in [0.1, 0.15) is 6.04 Å². The Morgan fingerprint density at radius 3 is 2.21 bits per heavy atom. The molecule has 2 heterocycles. The summed E-state index contributed by atoms with van der Waals surface area (Å²) >= 11 is 0. The van der Waals surface area contributed by atoms with Crippen molar-refractivity contribution in [3.8, 4) is 11.1 Å². The van der Waals surface area contributed by atoms with Gasteiger partial charge in [-0.2, -0.15) is 0 Å². The minimum Gasteiger partial charge on any atom is -0.366 e. The van der Waals surface area contributed by atoms with Crippen LogP contribution in [0.3, 0.4) is 0 Å². The highest BCUT2D eigenvalue weighted by Gasteiger charge is 2.44. The molecule has 2 aromatic rings. The topological polar surface area (TPSA) is 127 Å². The maximum atomic E-state index is 12.8. The lowest BCUT2D eigenvalue weighted by atomic mass is 9.99. The van der Waals surface area contributed by atoms with Crippen LogP contribution in [0.15, 0.2) is 42.5 Å². The molecular weight excluding hydrogens is 362 g/mol. The summed E-state index contributed by atoms with van der Waals surface area (Å²) in [4.78, 5) is 61.1. The molecule has 0 radical (unpaired) electrons.